The number of carbonyl (C=O) groups is 3. The molecule has 0 atom stereocenters. The average molecular weight is 398 g/mol. The first-order chi connectivity index (χ1) is 13.4. The van der Waals surface area contributed by atoms with Crippen molar-refractivity contribution in [3.8, 4) is 0 Å². The van der Waals surface area contributed by atoms with Crippen LogP contribution >= 0.6 is 11.6 Å². The second-order valence-electron chi connectivity index (χ2n) is 5.90. The summed E-state index contributed by atoms with van der Waals surface area (Å²) in [5.74, 6) is -1.42. The first kappa shape index (κ1) is 19.3. The van der Waals surface area contributed by atoms with Crippen LogP contribution in [0.4, 0.5) is 11.4 Å². The first-order valence-electron chi connectivity index (χ1n) is 8.32. The minimum Gasteiger partial charge on any atom is -0.452 e. The van der Waals surface area contributed by atoms with Crippen molar-refractivity contribution >= 4 is 51.7 Å². The number of benzene rings is 2. The van der Waals surface area contributed by atoms with E-state index in [0.717, 1.165) is 0 Å². The standard InChI is InChI=1S/C20H16ClN3O4/c1-12(25)22-13-5-4-6-14(9-13)23-19(26)11-28-20(27)16-10-18(21)24-17-8-3-2-7-15(16)17/h2-10H,11H2,1H3,(H,22,25)(H,23,26). The number of hydrogen-bond acceptors (Lipinski definition) is 5. The van der Waals surface area contributed by atoms with Gasteiger partial charge in [-0.25, -0.2) is 9.78 Å². The maximum atomic E-state index is 12.4. The highest BCUT2D eigenvalue weighted by Crippen LogP contribution is 2.21. The maximum absolute atomic E-state index is 12.4. The summed E-state index contributed by atoms with van der Waals surface area (Å²) in [5, 5.41) is 5.96. The lowest BCUT2D eigenvalue weighted by Crippen LogP contribution is -2.21. The number of rotatable bonds is 5. The van der Waals surface area contributed by atoms with E-state index in [2.05, 4.69) is 15.6 Å². The molecule has 0 fully saturated rings. The Bertz CT molecular complexity index is 1070. The normalized spacial score (nSPS) is 10.4. The van der Waals surface area contributed by atoms with Gasteiger partial charge in [0.25, 0.3) is 5.91 Å². The summed E-state index contributed by atoms with van der Waals surface area (Å²) in [5.41, 5.74) is 1.79. The molecule has 0 unspecified atom stereocenters. The Balaban J connectivity index is 1.65. The van der Waals surface area contributed by atoms with Gasteiger partial charge in [0.2, 0.25) is 5.91 Å². The third-order valence-corrected chi connectivity index (χ3v) is 3.90. The molecular formula is C20H16ClN3O4. The van der Waals surface area contributed by atoms with Gasteiger partial charge >= 0.3 is 5.97 Å². The highest BCUT2D eigenvalue weighted by molar-refractivity contribution is 6.30. The van der Waals surface area contributed by atoms with Crippen LogP contribution in [-0.2, 0) is 14.3 Å². The maximum Gasteiger partial charge on any atom is 0.339 e. The Labute approximate surface area is 165 Å². The van der Waals surface area contributed by atoms with Crippen LogP contribution in [0.3, 0.4) is 0 Å². The predicted molar refractivity (Wildman–Crippen MR) is 106 cm³/mol. The molecule has 0 saturated carbocycles. The topological polar surface area (TPSA) is 97.4 Å². The molecule has 0 spiro atoms. The monoisotopic (exact) mass is 397 g/mol. The Kier molecular flexibility index (Phi) is 5.86. The van der Waals surface area contributed by atoms with E-state index < -0.39 is 18.5 Å². The SMILES string of the molecule is CC(=O)Nc1cccc(NC(=O)COC(=O)c2cc(Cl)nc3ccccc23)c1. The number of ether oxygens (including phenoxy) is 1. The molecule has 3 aromatic rings. The Hall–Kier alpha value is -3.45. The number of amides is 2. The van der Waals surface area contributed by atoms with Crippen LogP contribution in [0.25, 0.3) is 10.9 Å². The first-order valence-corrected chi connectivity index (χ1v) is 8.70. The van der Waals surface area contributed by atoms with Gasteiger partial charge in [0, 0.05) is 23.7 Å². The second-order valence-corrected chi connectivity index (χ2v) is 6.28. The highest BCUT2D eigenvalue weighted by atomic mass is 35.5. The molecule has 1 heterocycles. The van der Waals surface area contributed by atoms with Gasteiger partial charge in [0.1, 0.15) is 5.15 Å². The quantitative estimate of drug-likeness (QED) is 0.506. The number of para-hydroxylation sites is 1. The number of hydrogen-bond donors (Lipinski definition) is 2. The van der Waals surface area contributed by atoms with Gasteiger partial charge in [-0.05, 0) is 30.3 Å². The lowest BCUT2D eigenvalue weighted by molar-refractivity contribution is -0.119. The van der Waals surface area contributed by atoms with E-state index in [0.29, 0.717) is 22.3 Å². The number of pyridine rings is 1. The van der Waals surface area contributed by atoms with Crippen molar-refractivity contribution in [3.63, 3.8) is 0 Å². The molecule has 0 aliphatic heterocycles. The molecule has 0 bridgehead atoms. The van der Waals surface area contributed by atoms with Gasteiger partial charge < -0.3 is 15.4 Å². The summed E-state index contributed by atoms with van der Waals surface area (Å²) in [7, 11) is 0. The van der Waals surface area contributed by atoms with Crippen LogP contribution in [0.15, 0.2) is 54.6 Å². The Morgan fingerprint density at radius 3 is 2.46 bits per heavy atom. The Morgan fingerprint density at radius 2 is 1.71 bits per heavy atom. The molecule has 0 aliphatic carbocycles. The van der Waals surface area contributed by atoms with Crippen molar-refractivity contribution in [1.82, 2.24) is 4.98 Å². The number of anilines is 2. The molecule has 7 nitrogen and oxygen atoms in total. The smallest absolute Gasteiger partial charge is 0.339 e. The van der Waals surface area contributed by atoms with E-state index in [9.17, 15) is 14.4 Å². The number of aromatic nitrogens is 1. The van der Waals surface area contributed by atoms with Crippen LogP contribution in [0.2, 0.25) is 5.15 Å². The Morgan fingerprint density at radius 1 is 1.00 bits per heavy atom. The van der Waals surface area contributed by atoms with E-state index in [1.165, 1.54) is 13.0 Å². The fourth-order valence-electron chi connectivity index (χ4n) is 2.60. The molecule has 2 amide bonds. The molecule has 1 aromatic heterocycles. The predicted octanol–water partition coefficient (Wildman–Crippen LogP) is 3.64. The third-order valence-electron chi connectivity index (χ3n) is 3.71. The summed E-state index contributed by atoms with van der Waals surface area (Å²) >= 11 is 5.96. The van der Waals surface area contributed by atoms with Crippen molar-refractivity contribution < 1.29 is 19.1 Å². The van der Waals surface area contributed by atoms with Crippen molar-refractivity contribution in [2.75, 3.05) is 17.2 Å². The molecule has 2 N–H and O–H groups in total. The minimum absolute atomic E-state index is 0.157. The summed E-state index contributed by atoms with van der Waals surface area (Å²) in [6.07, 6.45) is 0. The zero-order valence-electron chi connectivity index (χ0n) is 14.9. The number of nitrogens with zero attached hydrogens (tertiary/aromatic N) is 1. The zero-order chi connectivity index (χ0) is 20.1. The van der Waals surface area contributed by atoms with Crippen LogP contribution in [0.1, 0.15) is 17.3 Å². The van der Waals surface area contributed by atoms with E-state index in [1.54, 1.807) is 48.5 Å². The summed E-state index contributed by atoms with van der Waals surface area (Å²) in [4.78, 5) is 39.8. The lowest BCUT2D eigenvalue weighted by Gasteiger charge is -2.09. The van der Waals surface area contributed by atoms with Crippen LogP contribution in [0.5, 0.6) is 0 Å². The zero-order valence-corrected chi connectivity index (χ0v) is 15.6. The molecule has 142 valence electrons. The van der Waals surface area contributed by atoms with Crippen molar-refractivity contribution in [1.29, 1.82) is 0 Å². The average Bonchev–Trinajstić information content (AvgIpc) is 2.65. The molecule has 8 heteroatoms. The number of fused-ring (bicyclic) bond motifs is 1. The van der Waals surface area contributed by atoms with Crippen LogP contribution in [-0.4, -0.2) is 29.4 Å². The molecule has 3 rings (SSSR count). The fraction of sp³-hybridized carbons (Fsp3) is 0.100. The van der Waals surface area contributed by atoms with Crippen LogP contribution in [0, 0.1) is 0 Å². The number of nitrogens with one attached hydrogen (secondary N) is 2. The summed E-state index contributed by atoms with van der Waals surface area (Å²) in [6.45, 7) is 0.914. The van der Waals surface area contributed by atoms with Gasteiger partial charge in [-0.2, -0.15) is 0 Å². The molecule has 2 aromatic carbocycles. The van der Waals surface area contributed by atoms with Gasteiger partial charge in [-0.3, -0.25) is 9.59 Å². The molecular weight excluding hydrogens is 382 g/mol. The van der Waals surface area contributed by atoms with Crippen molar-refractivity contribution in [2.24, 2.45) is 0 Å². The third kappa shape index (κ3) is 4.83. The second kappa shape index (κ2) is 8.49. The van der Waals surface area contributed by atoms with E-state index in [4.69, 9.17) is 16.3 Å². The fourth-order valence-corrected chi connectivity index (χ4v) is 2.80. The number of carbonyl (C=O) groups excluding carboxylic acids is 3. The highest BCUT2D eigenvalue weighted by Gasteiger charge is 2.15. The van der Waals surface area contributed by atoms with Gasteiger partial charge in [-0.15, -0.1) is 0 Å². The number of halogens is 1. The van der Waals surface area contributed by atoms with Crippen molar-refractivity contribution in [3.05, 3.63) is 65.3 Å². The van der Waals surface area contributed by atoms with E-state index >= 15 is 0 Å². The largest absolute Gasteiger partial charge is 0.452 e. The molecule has 28 heavy (non-hydrogen) atoms. The van der Waals surface area contributed by atoms with Gasteiger partial charge in [0.05, 0.1) is 11.1 Å². The summed E-state index contributed by atoms with van der Waals surface area (Å²) < 4.78 is 5.11. The van der Waals surface area contributed by atoms with E-state index in [-0.39, 0.29) is 16.6 Å². The van der Waals surface area contributed by atoms with Gasteiger partial charge in [0.15, 0.2) is 6.61 Å². The summed E-state index contributed by atoms with van der Waals surface area (Å²) in [6, 6.07) is 15.0. The van der Waals surface area contributed by atoms with Gasteiger partial charge in [-0.1, -0.05) is 35.9 Å². The molecule has 0 aliphatic rings. The van der Waals surface area contributed by atoms with Crippen molar-refractivity contribution in [2.45, 2.75) is 6.92 Å². The van der Waals surface area contributed by atoms with Crippen LogP contribution < -0.4 is 10.6 Å². The van der Waals surface area contributed by atoms with E-state index in [1.807, 2.05) is 0 Å². The molecule has 0 radical (unpaired) electrons. The molecule has 0 saturated heterocycles. The lowest BCUT2D eigenvalue weighted by atomic mass is 10.1. The number of esters is 1. The minimum atomic E-state index is -0.678.